The van der Waals surface area contributed by atoms with Crippen LogP contribution in [-0.4, -0.2) is 41.9 Å². The van der Waals surface area contributed by atoms with E-state index < -0.39 is 11.6 Å². The van der Waals surface area contributed by atoms with Crippen LogP contribution in [0, 0.1) is 0 Å². The number of pyridine rings is 2. The summed E-state index contributed by atoms with van der Waals surface area (Å²) in [7, 11) is 1.58. The van der Waals surface area contributed by atoms with Crippen LogP contribution in [0.3, 0.4) is 0 Å². The maximum absolute atomic E-state index is 12.2. The number of carbonyl (C=O) groups excluding carboxylic acids is 1. The number of methoxy groups -OCH3 is 1. The van der Waals surface area contributed by atoms with Crippen molar-refractivity contribution in [3.05, 3.63) is 65.9 Å². The molecule has 1 fully saturated rings. The summed E-state index contributed by atoms with van der Waals surface area (Å²) < 4.78 is 16.7. The Morgan fingerprint density at radius 2 is 2.03 bits per heavy atom. The maximum atomic E-state index is 12.2. The SMILES string of the molecule is COc1ccc2nccc([C@@](C)(N)[C@@H]3CC[C@@H](NC(=O)OCc4ccccc4)CO3)c2n1. The zero-order valence-corrected chi connectivity index (χ0v) is 18.3. The van der Waals surface area contributed by atoms with E-state index in [0.29, 0.717) is 24.4 Å². The zero-order chi connectivity index (χ0) is 22.6. The molecule has 0 bridgehead atoms. The number of amides is 1. The third-order valence-corrected chi connectivity index (χ3v) is 5.83. The normalized spacial score (nSPS) is 20.3. The van der Waals surface area contributed by atoms with Crippen LogP contribution >= 0.6 is 0 Å². The van der Waals surface area contributed by atoms with E-state index >= 15 is 0 Å². The van der Waals surface area contributed by atoms with Crippen LogP contribution in [0.25, 0.3) is 11.0 Å². The first-order valence-corrected chi connectivity index (χ1v) is 10.7. The Labute approximate surface area is 187 Å². The van der Waals surface area contributed by atoms with Gasteiger partial charge in [-0.15, -0.1) is 0 Å². The number of hydrogen-bond donors (Lipinski definition) is 2. The quantitative estimate of drug-likeness (QED) is 0.610. The third kappa shape index (κ3) is 4.81. The molecule has 0 radical (unpaired) electrons. The average Bonchev–Trinajstić information content (AvgIpc) is 2.83. The van der Waals surface area contributed by atoms with Gasteiger partial charge in [0.25, 0.3) is 0 Å². The van der Waals surface area contributed by atoms with Gasteiger partial charge in [0.1, 0.15) is 6.61 Å². The second-order valence-corrected chi connectivity index (χ2v) is 8.16. The highest BCUT2D eigenvalue weighted by atomic mass is 16.5. The van der Waals surface area contributed by atoms with Gasteiger partial charge in [0.05, 0.1) is 42.4 Å². The van der Waals surface area contributed by atoms with Crippen LogP contribution < -0.4 is 15.8 Å². The van der Waals surface area contributed by atoms with Crippen molar-refractivity contribution >= 4 is 17.1 Å². The van der Waals surface area contributed by atoms with E-state index in [2.05, 4.69) is 15.3 Å². The number of carbonyl (C=O) groups is 1. The van der Waals surface area contributed by atoms with Gasteiger partial charge in [-0.05, 0) is 37.5 Å². The standard InChI is InChI=1S/C24H28N4O4/c1-24(25,18-12-13-26-19-9-11-21(30-2)28-22(18)19)20-10-8-17(15-31-20)27-23(29)32-14-16-6-4-3-5-7-16/h3-7,9,11-13,17,20H,8,10,14-15,25H2,1-2H3,(H,27,29)/t17-,20+,24-/m1/s1. The molecular weight excluding hydrogens is 408 g/mol. The summed E-state index contributed by atoms with van der Waals surface area (Å²) in [6.07, 6.45) is 2.46. The Morgan fingerprint density at radius 1 is 1.22 bits per heavy atom. The lowest BCUT2D eigenvalue weighted by Crippen LogP contribution is -2.52. The smallest absolute Gasteiger partial charge is 0.407 e. The highest BCUT2D eigenvalue weighted by molar-refractivity contribution is 5.79. The monoisotopic (exact) mass is 436 g/mol. The van der Waals surface area contributed by atoms with Crippen LogP contribution in [0.1, 0.15) is 30.9 Å². The summed E-state index contributed by atoms with van der Waals surface area (Å²) >= 11 is 0. The van der Waals surface area contributed by atoms with Crippen molar-refractivity contribution < 1.29 is 19.0 Å². The fourth-order valence-corrected chi connectivity index (χ4v) is 4.00. The molecule has 3 N–H and O–H groups in total. The number of benzene rings is 1. The minimum Gasteiger partial charge on any atom is -0.481 e. The molecule has 0 spiro atoms. The molecule has 0 unspecified atom stereocenters. The lowest BCUT2D eigenvalue weighted by atomic mass is 9.83. The molecule has 3 heterocycles. The van der Waals surface area contributed by atoms with Crippen molar-refractivity contribution in [2.24, 2.45) is 5.73 Å². The van der Waals surface area contributed by atoms with Crippen molar-refractivity contribution in [3.63, 3.8) is 0 Å². The van der Waals surface area contributed by atoms with Gasteiger partial charge in [-0.2, -0.15) is 0 Å². The minimum absolute atomic E-state index is 0.127. The van der Waals surface area contributed by atoms with E-state index in [0.717, 1.165) is 23.1 Å². The second-order valence-electron chi connectivity index (χ2n) is 8.16. The summed E-state index contributed by atoms with van der Waals surface area (Å²) in [5.41, 5.74) is 9.23. The van der Waals surface area contributed by atoms with Gasteiger partial charge < -0.3 is 25.3 Å². The molecule has 2 aromatic heterocycles. The Balaban J connectivity index is 1.37. The fourth-order valence-electron chi connectivity index (χ4n) is 4.00. The Kier molecular flexibility index (Phi) is 6.53. The summed E-state index contributed by atoms with van der Waals surface area (Å²) in [6, 6.07) is 15.0. The number of ether oxygens (including phenoxy) is 3. The lowest BCUT2D eigenvalue weighted by Gasteiger charge is -2.39. The molecule has 32 heavy (non-hydrogen) atoms. The summed E-state index contributed by atoms with van der Waals surface area (Å²) in [4.78, 5) is 21.1. The second kappa shape index (κ2) is 9.50. The van der Waals surface area contributed by atoms with E-state index in [1.807, 2.05) is 49.4 Å². The highest BCUT2D eigenvalue weighted by Gasteiger charge is 2.38. The summed E-state index contributed by atoms with van der Waals surface area (Å²) in [5, 5.41) is 2.88. The van der Waals surface area contributed by atoms with Crippen LogP contribution in [0.15, 0.2) is 54.7 Å². The van der Waals surface area contributed by atoms with Crippen LogP contribution in [0.4, 0.5) is 4.79 Å². The van der Waals surface area contributed by atoms with Gasteiger partial charge in [0.2, 0.25) is 5.88 Å². The molecular formula is C24H28N4O4. The van der Waals surface area contributed by atoms with Gasteiger partial charge in [0.15, 0.2) is 0 Å². The van der Waals surface area contributed by atoms with Crippen molar-refractivity contribution in [3.8, 4) is 5.88 Å². The summed E-state index contributed by atoms with van der Waals surface area (Å²) in [5.74, 6) is 0.505. The molecule has 1 amide bonds. The van der Waals surface area contributed by atoms with Gasteiger partial charge >= 0.3 is 6.09 Å². The van der Waals surface area contributed by atoms with Crippen molar-refractivity contribution in [1.29, 1.82) is 0 Å². The van der Waals surface area contributed by atoms with Gasteiger partial charge in [-0.1, -0.05) is 30.3 Å². The molecule has 0 aliphatic carbocycles. The zero-order valence-electron chi connectivity index (χ0n) is 18.3. The number of nitrogens with one attached hydrogen (secondary N) is 1. The van der Waals surface area contributed by atoms with Gasteiger partial charge in [-0.3, -0.25) is 4.98 Å². The van der Waals surface area contributed by atoms with Gasteiger partial charge in [0, 0.05) is 17.8 Å². The number of nitrogens with zero attached hydrogens (tertiary/aromatic N) is 2. The number of rotatable bonds is 6. The number of aromatic nitrogens is 2. The molecule has 1 saturated heterocycles. The van der Waals surface area contributed by atoms with Crippen LogP contribution in [0.2, 0.25) is 0 Å². The first kappa shape index (κ1) is 22.0. The first-order chi connectivity index (χ1) is 15.5. The maximum Gasteiger partial charge on any atom is 0.407 e. The Hall–Kier alpha value is -3.23. The van der Waals surface area contributed by atoms with Crippen LogP contribution in [0.5, 0.6) is 5.88 Å². The molecule has 3 atom stereocenters. The number of nitrogens with two attached hydrogens (primary N) is 1. The number of alkyl carbamates (subject to hydrolysis) is 1. The predicted octanol–water partition coefficient (Wildman–Crippen LogP) is 3.29. The van der Waals surface area contributed by atoms with Crippen molar-refractivity contribution in [2.45, 2.75) is 44.1 Å². The molecule has 0 saturated carbocycles. The minimum atomic E-state index is -0.792. The van der Waals surface area contributed by atoms with Crippen LogP contribution in [-0.2, 0) is 21.6 Å². The highest BCUT2D eigenvalue weighted by Crippen LogP contribution is 2.33. The van der Waals surface area contributed by atoms with E-state index in [1.54, 1.807) is 19.4 Å². The van der Waals surface area contributed by atoms with Gasteiger partial charge in [-0.25, -0.2) is 9.78 Å². The predicted molar refractivity (Wildman–Crippen MR) is 120 cm³/mol. The Morgan fingerprint density at radius 3 is 2.75 bits per heavy atom. The molecule has 4 rings (SSSR count). The fraction of sp³-hybridized carbons (Fsp3) is 0.375. The van der Waals surface area contributed by atoms with E-state index in [1.165, 1.54) is 0 Å². The van der Waals surface area contributed by atoms with E-state index in [4.69, 9.17) is 19.9 Å². The Bertz CT molecular complexity index is 1070. The van der Waals surface area contributed by atoms with Crippen molar-refractivity contribution in [1.82, 2.24) is 15.3 Å². The first-order valence-electron chi connectivity index (χ1n) is 10.7. The van der Waals surface area contributed by atoms with Crippen molar-refractivity contribution in [2.75, 3.05) is 13.7 Å². The summed E-state index contributed by atoms with van der Waals surface area (Å²) in [6.45, 7) is 2.53. The van der Waals surface area contributed by atoms with E-state index in [9.17, 15) is 4.79 Å². The molecule has 1 aliphatic heterocycles. The molecule has 8 heteroatoms. The molecule has 1 aromatic carbocycles. The van der Waals surface area contributed by atoms with E-state index in [-0.39, 0.29) is 18.8 Å². The number of fused-ring (bicyclic) bond motifs is 1. The molecule has 8 nitrogen and oxygen atoms in total. The lowest BCUT2D eigenvalue weighted by molar-refractivity contribution is -0.0430. The molecule has 1 aliphatic rings. The number of hydrogen-bond acceptors (Lipinski definition) is 7. The largest absolute Gasteiger partial charge is 0.481 e. The third-order valence-electron chi connectivity index (χ3n) is 5.83. The molecule has 168 valence electrons. The average molecular weight is 437 g/mol. The molecule has 3 aromatic rings. The topological polar surface area (TPSA) is 109 Å².